The van der Waals surface area contributed by atoms with Crippen molar-refractivity contribution < 1.29 is 13.9 Å². The topological polar surface area (TPSA) is 74.9 Å². The van der Waals surface area contributed by atoms with Gasteiger partial charge in [0.25, 0.3) is 5.91 Å². The van der Waals surface area contributed by atoms with Gasteiger partial charge in [-0.05, 0) is 19.1 Å². The normalized spacial score (nSPS) is 14.3. The van der Waals surface area contributed by atoms with Crippen LogP contribution in [0.25, 0.3) is 11.0 Å². The van der Waals surface area contributed by atoms with Gasteiger partial charge in [0.05, 0.1) is 7.11 Å². The molecule has 0 radical (unpaired) electrons. The predicted octanol–water partition coefficient (Wildman–Crippen LogP) is 2.57. The summed E-state index contributed by atoms with van der Waals surface area (Å²) in [4.78, 5) is 28.0. The zero-order valence-electron chi connectivity index (χ0n) is 17.2. The Morgan fingerprint density at radius 2 is 1.90 bits per heavy atom. The Balaban J connectivity index is 1.48. The molecule has 1 saturated heterocycles. The van der Waals surface area contributed by atoms with Crippen LogP contribution in [0.15, 0.2) is 34.7 Å². The van der Waals surface area contributed by atoms with E-state index in [0.717, 1.165) is 16.9 Å². The van der Waals surface area contributed by atoms with Crippen LogP contribution in [-0.2, 0) is 0 Å². The molecule has 0 N–H and O–H groups in total. The number of benzene rings is 1. The quantitative estimate of drug-likeness (QED) is 0.672. The van der Waals surface area contributed by atoms with Crippen molar-refractivity contribution in [1.82, 2.24) is 14.9 Å². The summed E-state index contributed by atoms with van der Waals surface area (Å²) in [5, 5.41) is 0.857. The van der Waals surface area contributed by atoms with E-state index in [1.165, 1.54) is 0 Å². The Morgan fingerprint density at radius 1 is 1.14 bits per heavy atom. The zero-order chi connectivity index (χ0) is 20.5. The number of para-hydroxylation sites is 1. The summed E-state index contributed by atoms with van der Waals surface area (Å²) >= 11 is 0. The predicted molar refractivity (Wildman–Crippen MR) is 112 cm³/mol. The highest BCUT2D eigenvalue weighted by Gasteiger charge is 2.26. The Hall–Kier alpha value is -3.29. The second kappa shape index (κ2) is 7.62. The number of methoxy groups -OCH3 is 1. The molecule has 1 fully saturated rings. The average Bonchev–Trinajstić information content (AvgIpc) is 3.17. The molecular formula is C21H25N5O3. The third-order valence-corrected chi connectivity index (χ3v) is 5.08. The van der Waals surface area contributed by atoms with E-state index >= 15 is 0 Å². The van der Waals surface area contributed by atoms with Crippen molar-refractivity contribution in [3.05, 3.63) is 41.8 Å². The first kappa shape index (κ1) is 19.0. The van der Waals surface area contributed by atoms with E-state index in [4.69, 9.17) is 9.15 Å². The standard InChI is InChI=1S/C21H25N5O3/c1-14-12-18(24(2)3)23-21(22-14)26-10-8-25(9-11-26)20(27)17-13-15-6-5-7-16(28-4)19(15)29-17/h5-7,12-13H,8-11H2,1-4H3. The number of carbonyl (C=O) groups excluding carboxylic acids is 1. The number of furan rings is 1. The maximum atomic E-state index is 12.9. The summed E-state index contributed by atoms with van der Waals surface area (Å²) in [5.41, 5.74) is 1.52. The van der Waals surface area contributed by atoms with Crippen LogP contribution in [-0.4, -0.2) is 68.2 Å². The van der Waals surface area contributed by atoms with Crippen LogP contribution in [0.1, 0.15) is 16.2 Å². The van der Waals surface area contributed by atoms with Gasteiger partial charge in [0.2, 0.25) is 5.95 Å². The number of hydrogen-bond acceptors (Lipinski definition) is 7. The van der Waals surface area contributed by atoms with Gasteiger partial charge in [-0.2, -0.15) is 4.98 Å². The highest BCUT2D eigenvalue weighted by atomic mass is 16.5. The number of aromatic nitrogens is 2. The minimum atomic E-state index is -0.109. The molecule has 0 unspecified atom stereocenters. The molecule has 1 aliphatic heterocycles. The number of nitrogens with zero attached hydrogens (tertiary/aromatic N) is 5. The molecule has 0 aliphatic carbocycles. The summed E-state index contributed by atoms with van der Waals surface area (Å²) in [5.74, 6) is 2.43. The highest BCUT2D eigenvalue weighted by molar-refractivity contribution is 5.97. The molecule has 8 heteroatoms. The van der Waals surface area contributed by atoms with Gasteiger partial charge in [-0.1, -0.05) is 12.1 Å². The van der Waals surface area contributed by atoms with Gasteiger partial charge in [0.15, 0.2) is 17.1 Å². The van der Waals surface area contributed by atoms with E-state index < -0.39 is 0 Å². The average molecular weight is 395 g/mol. The monoisotopic (exact) mass is 395 g/mol. The molecule has 0 saturated carbocycles. The van der Waals surface area contributed by atoms with Crippen LogP contribution in [0.3, 0.4) is 0 Å². The highest BCUT2D eigenvalue weighted by Crippen LogP contribution is 2.29. The lowest BCUT2D eigenvalue weighted by molar-refractivity contribution is 0.0716. The maximum absolute atomic E-state index is 12.9. The molecule has 4 rings (SSSR count). The number of anilines is 2. The first-order valence-corrected chi connectivity index (χ1v) is 9.60. The number of carbonyl (C=O) groups is 1. The molecular weight excluding hydrogens is 370 g/mol. The van der Waals surface area contributed by atoms with Gasteiger partial charge < -0.3 is 23.9 Å². The molecule has 29 heavy (non-hydrogen) atoms. The summed E-state index contributed by atoms with van der Waals surface area (Å²) in [6.07, 6.45) is 0. The minimum absolute atomic E-state index is 0.109. The zero-order valence-corrected chi connectivity index (χ0v) is 17.2. The maximum Gasteiger partial charge on any atom is 0.289 e. The van der Waals surface area contributed by atoms with E-state index in [9.17, 15) is 4.79 Å². The fraction of sp³-hybridized carbons (Fsp3) is 0.381. The van der Waals surface area contributed by atoms with E-state index in [2.05, 4.69) is 14.9 Å². The van der Waals surface area contributed by atoms with Crippen molar-refractivity contribution in [3.63, 3.8) is 0 Å². The van der Waals surface area contributed by atoms with Gasteiger partial charge in [-0.15, -0.1) is 0 Å². The lowest BCUT2D eigenvalue weighted by atomic mass is 10.2. The van der Waals surface area contributed by atoms with Crippen molar-refractivity contribution in [2.45, 2.75) is 6.92 Å². The summed E-state index contributed by atoms with van der Waals surface area (Å²) in [6.45, 7) is 4.48. The summed E-state index contributed by atoms with van der Waals surface area (Å²) < 4.78 is 11.1. The first-order chi connectivity index (χ1) is 14.0. The lowest BCUT2D eigenvalue weighted by Gasteiger charge is -2.34. The Bertz CT molecular complexity index is 1040. The number of fused-ring (bicyclic) bond motifs is 1. The molecule has 152 valence electrons. The van der Waals surface area contributed by atoms with Crippen molar-refractivity contribution in [2.75, 3.05) is 57.2 Å². The first-order valence-electron chi connectivity index (χ1n) is 9.60. The van der Waals surface area contributed by atoms with E-state index in [1.54, 1.807) is 13.2 Å². The van der Waals surface area contributed by atoms with Gasteiger partial charge in [0.1, 0.15) is 5.82 Å². The second-order valence-corrected chi connectivity index (χ2v) is 7.33. The number of aryl methyl sites for hydroxylation is 1. The van der Waals surface area contributed by atoms with E-state index in [0.29, 0.717) is 49.2 Å². The lowest BCUT2D eigenvalue weighted by Crippen LogP contribution is -2.49. The number of hydrogen-bond donors (Lipinski definition) is 0. The molecule has 1 aliphatic rings. The van der Waals surface area contributed by atoms with Crippen LogP contribution in [0.2, 0.25) is 0 Å². The SMILES string of the molecule is COc1cccc2cc(C(=O)N3CCN(c4nc(C)cc(N(C)C)n4)CC3)oc12. The van der Waals surface area contributed by atoms with Gasteiger partial charge >= 0.3 is 0 Å². The van der Waals surface area contributed by atoms with E-state index in [1.807, 2.05) is 55.1 Å². The Kier molecular flexibility index (Phi) is 5.00. The largest absolute Gasteiger partial charge is 0.493 e. The number of rotatable bonds is 4. The van der Waals surface area contributed by atoms with Crippen LogP contribution >= 0.6 is 0 Å². The van der Waals surface area contributed by atoms with Crippen molar-refractivity contribution in [1.29, 1.82) is 0 Å². The Labute approximate surface area is 169 Å². The van der Waals surface area contributed by atoms with Gasteiger partial charge in [-0.3, -0.25) is 4.79 Å². The summed E-state index contributed by atoms with van der Waals surface area (Å²) in [6, 6.07) is 9.35. The fourth-order valence-electron chi connectivity index (χ4n) is 3.47. The molecule has 0 atom stereocenters. The van der Waals surface area contributed by atoms with Gasteiger partial charge in [-0.25, -0.2) is 4.98 Å². The van der Waals surface area contributed by atoms with Crippen molar-refractivity contribution in [3.8, 4) is 5.75 Å². The fourth-order valence-corrected chi connectivity index (χ4v) is 3.47. The number of ether oxygens (including phenoxy) is 1. The van der Waals surface area contributed by atoms with Gasteiger partial charge in [0, 0.05) is 57.4 Å². The smallest absolute Gasteiger partial charge is 0.289 e. The molecule has 3 heterocycles. The molecule has 1 aromatic carbocycles. The molecule has 0 bridgehead atoms. The second-order valence-electron chi connectivity index (χ2n) is 7.33. The van der Waals surface area contributed by atoms with Crippen molar-refractivity contribution in [2.24, 2.45) is 0 Å². The third kappa shape index (κ3) is 3.70. The third-order valence-electron chi connectivity index (χ3n) is 5.08. The Morgan fingerprint density at radius 3 is 2.59 bits per heavy atom. The molecule has 2 aromatic heterocycles. The molecule has 1 amide bonds. The number of piperazine rings is 1. The van der Waals surface area contributed by atoms with Crippen LogP contribution in [0, 0.1) is 6.92 Å². The molecule has 0 spiro atoms. The molecule has 8 nitrogen and oxygen atoms in total. The van der Waals surface area contributed by atoms with Crippen LogP contribution in [0.4, 0.5) is 11.8 Å². The van der Waals surface area contributed by atoms with Crippen molar-refractivity contribution >= 4 is 28.6 Å². The summed E-state index contributed by atoms with van der Waals surface area (Å²) in [7, 11) is 5.52. The number of amides is 1. The van der Waals surface area contributed by atoms with E-state index in [-0.39, 0.29) is 5.91 Å². The van der Waals surface area contributed by atoms with Crippen LogP contribution < -0.4 is 14.5 Å². The molecule has 3 aromatic rings. The van der Waals surface area contributed by atoms with Crippen LogP contribution in [0.5, 0.6) is 5.75 Å². The minimum Gasteiger partial charge on any atom is -0.493 e.